The summed E-state index contributed by atoms with van der Waals surface area (Å²) in [6.45, 7) is -1.46. The van der Waals surface area contributed by atoms with Crippen LogP contribution in [0.4, 0.5) is 8.78 Å². The van der Waals surface area contributed by atoms with Gasteiger partial charge in [-0.05, 0) is 47.5 Å². The van der Waals surface area contributed by atoms with Crippen LogP contribution in [-0.4, -0.2) is 43.7 Å². The molecule has 2 aromatic heterocycles. The van der Waals surface area contributed by atoms with Gasteiger partial charge in [-0.15, -0.1) is 12.6 Å². The first kappa shape index (κ1) is 25.9. The molecular formula is C24H19F2N3O7S. The van der Waals surface area contributed by atoms with E-state index >= 15 is 0 Å². The first-order valence-electron chi connectivity index (χ1n) is 10.7. The number of aromatic nitrogens is 2. The van der Waals surface area contributed by atoms with Crippen molar-refractivity contribution >= 4 is 24.5 Å². The Morgan fingerprint density at radius 3 is 2.49 bits per heavy atom. The smallest absolute Gasteiger partial charge is 0.323 e. The molecule has 0 spiro atoms. The zero-order chi connectivity index (χ0) is 26.5. The molecule has 0 bridgehead atoms. The number of aliphatic carboxylic acids is 1. The van der Waals surface area contributed by atoms with Crippen molar-refractivity contribution in [3.8, 4) is 16.9 Å². The van der Waals surface area contributed by atoms with Gasteiger partial charge in [-0.25, -0.2) is 8.78 Å². The Morgan fingerprint density at radius 1 is 1.08 bits per heavy atom. The fraction of sp³-hybridized carbons (Fsp3) is 0.167. The van der Waals surface area contributed by atoms with E-state index in [2.05, 4.69) is 22.8 Å². The average Bonchev–Trinajstić information content (AvgIpc) is 3.54. The Balaban J connectivity index is 1.40. The van der Waals surface area contributed by atoms with Crippen molar-refractivity contribution in [3.05, 3.63) is 83.4 Å². The third kappa shape index (κ3) is 6.32. The van der Waals surface area contributed by atoms with E-state index in [9.17, 15) is 18.4 Å². The van der Waals surface area contributed by atoms with E-state index in [0.29, 0.717) is 22.6 Å². The number of hydrogen-bond donors (Lipinski definition) is 3. The van der Waals surface area contributed by atoms with Crippen LogP contribution < -0.4 is 4.74 Å². The molecule has 192 valence electrons. The fourth-order valence-corrected chi connectivity index (χ4v) is 3.64. The largest absolute Gasteiger partial charge is 0.486 e. The molecule has 0 unspecified atom stereocenters. The minimum Gasteiger partial charge on any atom is -0.486 e. The molecule has 0 fully saturated rings. The van der Waals surface area contributed by atoms with Gasteiger partial charge in [0.1, 0.15) is 31.3 Å². The molecule has 4 rings (SSSR count). The second-order valence-electron chi connectivity index (χ2n) is 7.68. The number of rotatable bonds is 10. The summed E-state index contributed by atoms with van der Waals surface area (Å²) in [6.07, 6.45) is 0. The topological polar surface area (TPSA) is 139 Å². The third-order valence-electron chi connectivity index (χ3n) is 5.05. The van der Waals surface area contributed by atoms with Crippen LogP contribution in [0.15, 0.2) is 62.4 Å². The summed E-state index contributed by atoms with van der Waals surface area (Å²) in [7, 11) is 0. The number of carbonyl (C=O) groups is 2. The molecule has 0 saturated heterocycles. The van der Waals surface area contributed by atoms with Crippen molar-refractivity contribution in [3.63, 3.8) is 0 Å². The molecule has 4 aromatic rings. The van der Waals surface area contributed by atoms with Gasteiger partial charge in [-0.1, -0.05) is 17.3 Å². The predicted octanol–water partition coefficient (Wildman–Crippen LogP) is 3.69. The van der Waals surface area contributed by atoms with E-state index in [-0.39, 0.29) is 35.5 Å². The maximum atomic E-state index is 13.6. The monoisotopic (exact) mass is 531 g/mol. The molecule has 0 aliphatic heterocycles. The Labute approximate surface area is 213 Å². The van der Waals surface area contributed by atoms with Crippen LogP contribution in [0.2, 0.25) is 0 Å². The summed E-state index contributed by atoms with van der Waals surface area (Å²) in [4.78, 5) is 29.2. The number of amides is 1. The van der Waals surface area contributed by atoms with Gasteiger partial charge >= 0.3 is 5.97 Å². The number of ether oxygens (including phenoxy) is 1. The highest BCUT2D eigenvalue weighted by Crippen LogP contribution is 2.30. The fourth-order valence-electron chi connectivity index (χ4n) is 3.33. The van der Waals surface area contributed by atoms with Gasteiger partial charge < -0.3 is 28.8 Å². The summed E-state index contributed by atoms with van der Waals surface area (Å²) in [5.41, 5.74) is 1.02. The Kier molecular flexibility index (Phi) is 7.84. The lowest BCUT2D eigenvalue weighted by molar-refractivity contribution is -0.137. The molecule has 0 radical (unpaired) electrons. The molecule has 1 amide bonds. The number of carbonyl (C=O) groups excluding carboxylic acids is 1. The number of furan rings is 1. The van der Waals surface area contributed by atoms with Crippen LogP contribution in [0.1, 0.15) is 28.0 Å². The number of halogens is 2. The Morgan fingerprint density at radius 2 is 1.81 bits per heavy atom. The third-order valence-corrected chi connectivity index (χ3v) is 5.42. The van der Waals surface area contributed by atoms with E-state index in [1.54, 1.807) is 24.3 Å². The Bertz CT molecular complexity index is 1420. The number of carboxylic acids is 1. The lowest BCUT2D eigenvalue weighted by Gasteiger charge is -2.17. The maximum absolute atomic E-state index is 13.6. The zero-order valence-corrected chi connectivity index (χ0v) is 19.8. The average molecular weight is 531 g/mol. The second kappa shape index (κ2) is 11.2. The van der Waals surface area contributed by atoms with Crippen LogP contribution >= 0.6 is 12.6 Å². The molecule has 2 heterocycles. The molecule has 2 N–H and O–H groups in total. The summed E-state index contributed by atoms with van der Waals surface area (Å²) >= 11 is 4.19. The summed E-state index contributed by atoms with van der Waals surface area (Å²) < 4.78 is 42.9. The van der Waals surface area contributed by atoms with E-state index < -0.39 is 36.7 Å². The van der Waals surface area contributed by atoms with Crippen molar-refractivity contribution in [1.29, 1.82) is 0 Å². The van der Waals surface area contributed by atoms with Gasteiger partial charge in [0, 0.05) is 4.90 Å². The maximum Gasteiger partial charge on any atom is 0.323 e. The number of benzene rings is 2. The predicted molar refractivity (Wildman–Crippen MR) is 125 cm³/mol. The van der Waals surface area contributed by atoms with Crippen LogP contribution in [0.3, 0.4) is 0 Å². The quantitative estimate of drug-likeness (QED) is 0.262. The summed E-state index contributed by atoms with van der Waals surface area (Å²) in [5.74, 6) is -3.38. The molecule has 13 heteroatoms. The number of carboxylic acid groups (broad SMARTS) is 1. The summed E-state index contributed by atoms with van der Waals surface area (Å²) in [5, 5.41) is 21.8. The minimum atomic E-state index is -1.26. The van der Waals surface area contributed by atoms with Gasteiger partial charge in [0.2, 0.25) is 0 Å². The number of aliphatic hydroxyl groups is 1. The van der Waals surface area contributed by atoms with E-state index in [1.807, 2.05) is 0 Å². The Hall–Kier alpha value is -4.23. The highest BCUT2D eigenvalue weighted by Gasteiger charge is 2.24. The van der Waals surface area contributed by atoms with Gasteiger partial charge in [-0.2, -0.15) is 4.98 Å². The molecule has 0 saturated carbocycles. The SMILES string of the molecule is O=C(O)CN(Cc1noc(CO)n1)C(=O)c1ccc(COc2ccc(-c3cc(F)c(F)cc3S)cc2)o1. The zero-order valence-electron chi connectivity index (χ0n) is 18.9. The molecule has 37 heavy (non-hydrogen) atoms. The van der Waals surface area contributed by atoms with Crippen molar-refractivity contribution < 1.29 is 42.3 Å². The lowest BCUT2D eigenvalue weighted by Crippen LogP contribution is -2.35. The van der Waals surface area contributed by atoms with Crippen molar-refractivity contribution in [2.75, 3.05) is 6.54 Å². The van der Waals surface area contributed by atoms with E-state index in [4.69, 9.17) is 23.9 Å². The first-order chi connectivity index (χ1) is 17.7. The van der Waals surface area contributed by atoms with Crippen molar-refractivity contribution in [2.24, 2.45) is 0 Å². The van der Waals surface area contributed by atoms with Gasteiger partial charge in [0.25, 0.3) is 11.8 Å². The van der Waals surface area contributed by atoms with Crippen LogP contribution in [0.25, 0.3) is 11.1 Å². The number of thiol groups is 1. The summed E-state index contributed by atoms with van der Waals surface area (Å²) in [6, 6.07) is 11.5. The molecule has 0 atom stereocenters. The minimum absolute atomic E-state index is 0.0191. The van der Waals surface area contributed by atoms with E-state index in [0.717, 1.165) is 17.0 Å². The molecule has 0 aliphatic carbocycles. The van der Waals surface area contributed by atoms with Crippen LogP contribution in [0.5, 0.6) is 5.75 Å². The molecule has 10 nitrogen and oxygen atoms in total. The number of hydrogen-bond acceptors (Lipinski definition) is 9. The highest BCUT2D eigenvalue weighted by molar-refractivity contribution is 7.80. The molecular weight excluding hydrogens is 512 g/mol. The van der Waals surface area contributed by atoms with Crippen LogP contribution in [0, 0.1) is 11.6 Å². The number of nitrogens with zero attached hydrogens (tertiary/aromatic N) is 3. The number of aliphatic hydroxyl groups excluding tert-OH is 1. The second-order valence-corrected chi connectivity index (χ2v) is 8.16. The van der Waals surface area contributed by atoms with E-state index in [1.165, 1.54) is 12.1 Å². The molecule has 0 aliphatic rings. The standard InChI is InChI=1S/C24H19F2N3O7S/c25-17-7-16(20(37)8-18(17)26)13-1-3-14(4-2-13)34-12-15-5-6-19(35-15)24(33)29(10-23(31)32)9-21-27-22(11-30)36-28-21/h1-8,30,37H,9-12H2,(H,31,32). The van der Waals surface area contributed by atoms with Gasteiger partial charge in [-0.3, -0.25) is 9.59 Å². The normalized spacial score (nSPS) is 10.9. The van der Waals surface area contributed by atoms with Gasteiger partial charge in [0.15, 0.2) is 23.2 Å². The van der Waals surface area contributed by atoms with Crippen LogP contribution in [-0.2, 0) is 24.6 Å². The van der Waals surface area contributed by atoms with Gasteiger partial charge in [0.05, 0.1) is 6.54 Å². The van der Waals surface area contributed by atoms with Crippen molar-refractivity contribution in [1.82, 2.24) is 15.0 Å². The molecule has 2 aromatic carbocycles. The van der Waals surface area contributed by atoms with Crippen molar-refractivity contribution in [2.45, 2.75) is 24.7 Å². The lowest BCUT2D eigenvalue weighted by atomic mass is 10.1. The first-order valence-corrected chi connectivity index (χ1v) is 11.1. The highest BCUT2D eigenvalue weighted by atomic mass is 32.1.